The van der Waals surface area contributed by atoms with Gasteiger partial charge in [-0.1, -0.05) is 20.3 Å². The first-order valence-electron chi connectivity index (χ1n) is 4.36. The number of carbonyl (C=O) groups is 1. The monoisotopic (exact) mass is 174 g/mol. The normalized spacial score (nSPS) is 13.0. The van der Waals surface area contributed by atoms with E-state index in [2.05, 4.69) is 6.92 Å². The minimum Gasteiger partial charge on any atom is -0.298 e. The van der Waals surface area contributed by atoms with E-state index in [1.54, 1.807) is 11.8 Å². The number of hydrogen-bond acceptors (Lipinski definition) is 2. The molecule has 0 aromatic carbocycles. The third-order valence-electron chi connectivity index (χ3n) is 1.67. The average Bonchev–Trinajstić information content (AvgIpc) is 2.03. The predicted octanol–water partition coefficient (Wildman–Crippen LogP) is 2.89. The average molecular weight is 174 g/mol. The van der Waals surface area contributed by atoms with Crippen molar-refractivity contribution in [2.75, 3.05) is 5.75 Å². The standard InChI is InChI=1S/C9H18OS/c1-4-6-7-11-8(3)9(10)5-2/h8H,4-7H2,1-3H3. The molecule has 0 aromatic rings. The summed E-state index contributed by atoms with van der Waals surface area (Å²) in [5.74, 6) is 1.51. The van der Waals surface area contributed by atoms with E-state index >= 15 is 0 Å². The number of carbonyl (C=O) groups excluding carboxylic acids is 1. The molecule has 1 atom stereocenters. The minimum atomic E-state index is 0.214. The van der Waals surface area contributed by atoms with Gasteiger partial charge in [0.1, 0.15) is 5.78 Å². The van der Waals surface area contributed by atoms with E-state index in [0.29, 0.717) is 12.2 Å². The van der Waals surface area contributed by atoms with Gasteiger partial charge < -0.3 is 0 Å². The molecule has 0 rings (SSSR count). The minimum absolute atomic E-state index is 0.214. The molecule has 1 unspecified atom stereocenters. The Morgan fingerprint density at radius 1 is 1.45 bits per heavy atom. The fraction of sp³-hybridized carbons (Fsp3) is 0.889. The number of rotatable bonds is 6. The summed E-state index contributed by atoms with van der Waals surface area (Å²) in [6.45, 7) is 6.11. The van der Waals surface area contributed by atoms with Crippen molar-refractivity contribution in [2.24, 2.45) is 0 Å². The van der Waals surface area contributed by atoms with Crippen LogP contribution >= 0.6 is 11.8 Å². The first kappa shape index (κ1) is 11.0. The van der Waals surface area contributed by atoms with Crippen molar-refractivity contribution in [3.05, 3.63) is 0 Å². The summed E-state index contributed by atoms with van der Waals surface area (Å²) in [6.07, 6.45) is 3.13. The van der Waals surface area contributed by atoms with E-state index in [4.69, 9.17) is 0 Å². The Morgan fingerprint density at radius 2 is 2.09 bits per heavy atom. The summed E-state index contributed by atoms with van der Waals surface area (Å²) in [6, 6.07) is 0. The van der Waals surface area contributed by atoms with Gasteiger partial charge in [0.25, 0.3) is 0 Å². The summed E-state index contributed by atoms with van der Waals surface area (Å²) in [4.78, 5) is 11.1. The van der Waals surface area contributed by atoms with Crippen LogP contribution in [0.15, 0.2) is 0 Å². The Labute approximate surface area is 73.9 Å². The van der Waals surface area contributed by atoms with Gasteiger partial charge in [-0.25, -0.2) is 0 Å². The maximum absolute atomic E-state index is 11.1. The van der Waals surface area contributed by atoms with E-state index in [-0.39, 0.29) is 5.25 Å². The molecule has 0 aliphatic carbocycles. The molecule has 0 heterocycles. The lowest BCUT2D eigenvalue weighted by atomic mass is 10.2. The Bertz CT molecular complexity index is 112. The lowest BCUT2D eigenvalue weighted by Gasteiger charge is -2.07. The molecule has 0 aliphatic heterocycles. The largest absolute Gasteiger partial charge is 0.298 e. The molecule has 0 amide bonds. The molecular formula is C9H18OS. The maximum atomic E-state index is 11.1. The van der Waals surface area contributed by atoms with Crippen LogP contribution in [-0.4, -0.2) is 16.8 Å². The molecule has 0 aliphatic rings. The molecule has 2 heteroatoms. The van der Waals surface area contributed by atoms with Crippen LogP contribution < -0.4 is 0 Å². The van der Waals surface area contributed by atoms with E-state index in [0.717, 1.165) is 5.75 Å². The van der Waals surface area contributed by atoms with Crippen LogP contribution in [0.2, 0.25) is 0 Å². The SMILES string of the molecule is CCCCSC(C)C(=O)CC. The van der Waals surface area contributed by atoms with Crippen molar-refractivity contribution < 1.29 is 4.79 Å². The zero-order chi connectivity index (χ0) is 8.69. The second kappa shape index (κ2) is 6.71. The molecule has 0 aromatic heterocycles. The van der Waals surface area contributed by atoms with Gasteiger partial charge in [-0.3, -0.25) is 4.79 Å². The van der Waals surface area contributed by atoms with Gasteiger partial charge >= 0.3 is 0 Å². The zero-order valence-electron chi connectivity index (χ0n) is 7.72. The first-order chi connectivity index (χ1) is 5.22. The Hall–Kier alpha value is 0.0200. The van der Waals surface area contributed by atoms with Crippen LogP contribution in [0, 0.1) is 0 Å². The summed E-state index contributed by atoms with van der Waals surface area (Å²) >= 11 is 1.78. The fourth-order valence-corrected chi connectivity index (χ4v) is 1.95. The van der Waals surface area contributed by atoms with Gasteiger partial charge in [0, 0.05) is 6.42 Å². The molecule has 0 saturated heterocycles. The first-order valence-corrected chi connectivity index (χ1v) is 5.41. The van der Waals surface area contributed by atoms with Crippen molar-refractivity contribution in [2.45, 2.75) is 45.3 Å². The molecule has 0 fully saturated rings. The van der Waals surface area contributed by atoms with Crippen molar-refractivity contribution in [3.8, 4) is 0 Å². The van der Waals surface area contributed by atoms with Crippen LogP contribution in [0.25, 0.3) is 0 Å². The molecule has 0 spiro atoms. The number of Topliss-reactive ketones (excluding diaryl/α,β-unsaturated/α-hetero) is 1. The van der Waals surface area contributed by atoms with E-state index in [1.807, 2.05) is 13.8 Å². The van der Waals surface area contributed by atoms with E-state index in [1.165, 1.54) is 12.8 Å². The quantitative estimate of drug-likeness (QED) is 0.576. The Morgan fingerprint density at radius 3 is 2.55 bits per heavy atom. The second-order valence-corrected chi connectivity index (χ2v) is 4.14. The number of ketones is 1. The zero-order valence-corrected chi connectivity index (χ0v) is 8.54. The third-order valence-corrected chi connectivity index (χ3v) is 2.95. The summed E-state index contributed by atoms with van der Waals surface area (Å²) in [7, 11) is 0. The summed E-state index contributed by atoms with van der Waals surface area (Å²) < 4.78 is 0. The van der Waals surface area contributed by atoms with Gasteiger partial charge in [-0.05, 0) is 19.1 Å². The Balaban J connectivity index is 3.36. The molecule has 0 N–H and O–H groups in total. The van der Waals surface area contributed by atoms with Gasteiger partial charge in [-0.15, -0.1) is 0 Å². The molecule has 11 heavy (non-hydrogen) atoms. The smallest absolute Gasteiger partial charge is 0.145 e. The highest BCUT2D eigenvalue weighted by Crippen LogP contribution is 2.14. The van der Waals surface area contributed by atoms with E-state index in [9.17, 15) is 4.79 Å². The number of unbranched alkanes of at least 4 members (excludes halogenated alkanes) is 1. The van der Waals surface area contributed by atoms with Crippen LogP contribution in [0.4, 0.5) is 0 Å². The topological polar surface area (TPSA) is 17.1 Å². The van der Waals surface area contributed by atoms with Crippen LogP contribution in [0.1, 0.15) is 40.0 Å². The molecule has 66 valence electrons. The lowest BCUT2D eigenvalue weighted by Crippen LogP contribution is -2.11. The van der Waals surface area contributed by atoms with E-state index < -0.39 is 0 Å². The third kappa shape index (κ3) is 5.31. The fourth-order valence-electron chi connectivity index (χ4n) is 0.785. The van der Waals surface area contributed by atoms with Crippen LogP contribution in [-0.2, 0) is 4.79 Å². The van der Waals surface area contributed by atoms with Crippen molar-refractivity contribution >= 4 is 17.5 Å². The van der Waals surface area contributed by atoms with Crippen LogP contribution in [0.5, 0.6) is 0 Å². The molecule has 0 saturated carbocycles. The molecule has 1 nitrogen and oxygen atoms in total. The van der Waals surface area contributed by atoms with Crippen molar-refractivity contribution in [1.82, 2.24) is 0 Å². The predicted molar refractivity (Wildman–Crippen MR) is 52.1 cm³/mol. The molecule has 0 radical (unpaired) electrons. The maximum Gasteiger partial charge on any atom is 0.145 e. The van der Waals surface area contributed by atoms with Crippen molar-refractivity contribution in [3.63, 3.8) is 0 Å². The van der Waals surface area contributed by atoms with Gasteiger partial charge in [-0.2, -0.15) is 11.8 Å². The molecular weight excluding hydrogens is 156 g/mol. The second-order valence-electron chi connectivity index (χ2n) is 2.69. The van der Waals surface area contributed by atoms with Gasteiger partial charge in [0.2, 0.25) is 0 Å². The highest BCUT2D eigenvalue weighted by molar-refractivity contribution is 8.00. The van der Waals surface area contributed by atoms with Gasteiger partial charge in [0.15, 0.2) is 0 Å². The summed E-state index contributed by atoms with van der Waals surface area (Å²) in [5, 5.41) is 0.214. The highest BCUT2D eigenvalue weighted by Gasteiger charge is 2.09. The number of hydrogen-bond donors (Lipinski definition) is 0. The highest BCUT2D eigenvalue weighted by atomic mass is 32.2. The Kier molecular flexibility index (Phi) is 6.73. The lowest BCUT2D eigenvalue weighted by molar-refractivity contribution is -0.117. The van der Waals surface area contributed by atoms with Crippen molar-refractivity contribution in [1.29, 1.82) is 0 Å². The van der Waals surface area contributed by atoms with Gasteiger partial charge in [0.05, 0.1) is 5.25 Å². The van der Waals surface area contributed by atoms with Crippen LogP contribution in [0.3, 0.4) is 0 Å². The summed E-state index contributed by atoms with van der Waals surface area (Å²) in [5.41, 5.74) is 0. The number of thioether (sulfide) groups is 1. The molecule has 0 bridgehead atoms.